The highest BCUT2D eigenvalue weighted by molar-refractivity contribution is 14.1. The molecule has 4 nitrogen and oxygen atoms in total. The Bertz CT molecular complexity index is 629. The minimum absolute atomic E-state index is 0.349. The minimum Gasteiger partial charge on any atom is -0.462 e. The number of hydrogen-bond donors (Lipinski definition) is 2. The molecule has 0 heterocycles. The monoisotopic (exact) mass is 382 g/mol. The van der Waals surface area contributed by atoms with E-state index in [4.69, 9.17) is 10.5 Å². The zero-order chi connectivity index (χ0) is 14.5. The molecule has 0 aromatic heterocycles. The van der Waals surface area contributed by atoms with Crippen LogP contribution in [0.2, 0.25) is 0 Å². The van der Waals surface area contributed by atoms with Gasteiger partial charge < -0.3 is 15.8 Å². The average molecular weight is 382 g/mol. The molecule has 2 rings (SSSR count). The van der Waals surface area contributed by atoms with E-state index in [0.29, 0.717) is 23.5 Å². The van der Waals surface area contributed by atoms with E-state index in [1.807, 2.05) is 24.3 Å². The first-order valence-corrected chi connectivity index (χ1v) is 7.28. The number of benzene rings is 2. The van der Waals surface area contributed by atoms with Crippen LogP contribution < -0.4 is 11.1 Å². The van der Waals surface area contributed by atoms with Gasteiger partial charge in [-0.2, -0.15) is 0 Å². The van der Waals surface area contributed by atoms with Crippen molar-refractivity contribution in [2.45, 2.75) is 6.92 Å². The molecule has 0 saturated heterocycles. The Balaban J connectivity index is 2.30. The van der Waals surface area contributed by atoms with Gasteiger partial charge in [-0.1, -0.05) is 12.1 Å². The average Bonchev–Trinajstić information content (AvgIpc) is 2.44. The number of nitrogens with one attached hydrogen (secondary N) is 1. The Morgan fingerprint density at radius 3 is 2.70 bits per heavy atom. The van der Waals surface area contributed by atoms with Gasteiger partial charge in [0.15, 0.2) is 0 Å². The van der Waals surface area contributed by atoms with Gasteiger partial charge >= 0.3 is 5.97 Å². The molecule has 0 radical (unpaired) electrons. The van der Waals surface area contributed by atoms with E-state index in [0.717, 1.165) is 9.26 Å². The van der Waals surface area contributed by atoms with E-state index in [1.165, 1.54) is 0 Å². The second-order valence-corrected chi connectivity index (χ2v) is 5.29. The first-order valence-electron chi connectivity index (χ1n) is 6.20. The highest BCUT2D eigenvalue weighted by Gasteiger charge is 2.10. The molecule has 104 valence electrons. The molecule has 0 aliphatic rings. The maximum Gasteiger partial charge on any atom is 0.338 e. The molecular formula is C15H15IN2O2. The number of nitrogen functional groups attached to an aromatic ring is 1. The molecule has 0 aliphatic carbocycles. The number of hydrogen-bond acceptors (Lipinski definition) is 4. The lowest BCUT2D eigenvalue weighted by molar-refractivity contribution is 0.0526. The third kappa shape index (κ3) is 3.41. The van der Waals surface area contributed by atoms with Crippen LogP contribution in [0, 0.1) is 3.57 Å². The summed E-state index contributed by atoms with van der Waals surface area (Å²) in [6, 6.07) is 12.9. The molecule has 0 amide bonds. The van der Waals surface area contributed by atoms with Gasteiger partial charge in [-0.15, -0.1) is 0 Å². The van der Waals surface area contributed by atoms with Crippen LogP contribution >= 0.6 is 22.6 Å². The molecule has 20 heavy (non-hydrogen) atoms. The van der Waals surface area contributed by atoms with Crippen molar-refractivity contribution in [3.05, 3.63) is 51.6 Å². The molecule has 0 saturated carbocycles. The topological polar surface area (TPSA) is 64.3 Å². The molecule has 3 N–H and O–H groups in total. The standard InChI is InChI=1S/C15H15IN2O2/c1-2-20-15(19)10-7-8-12(17)14(9-10)18-13-6-4-3-5-11(13)16/h3-9,18H,2,17H2,1H3. The Morgan fingerprint density at radius 1 is 1.25 bits per heavy atom. The SMILES string of the molecule is CCOC(=O)c1ccc(N)c(Nc2ccccc2I)c1. The summed E-state index contributed by atoms with van der Waals surface area (Å²) in [5.41, 5.74) is 8.65. The maximum absolute atomic E-state index is 11.7. The highest BCUT2D eigenvalue weighted by Crippen LogP contribution is 2.27. The fourth-order valence-corrected chi connectivity index (χ4v) is 2.24. The number of ether oxygens (including phenoxy) is 1. The van der Waals surface area contributed by atoms with E-state index in [-0.39, 0.29) is 5.97 Å². The predicted octanol–water partition coefficient (Wildman–Crippen LogP) is 3.79. The lowest BCUT2D eigenvalue weighted by atomic mass is 10.1. The van der Waals surface area contributed by atoms with E-state index in [1.54, 1.807) is 25.1 Å². The maximum atomic E-state index is 11.7. The number of anilines is 3. The van der Waals surface area contributed by atoms with Crippen molar-refractivity contribution in [3.8, 4) is 0 Å². The summed E-state index contributed by atoms with van der Waals surface area (Å²) >= 11 is 2.24. The Morgan fingerprint density at radius 2 is 2.00 bits per heavy atom. The zero-order valence-corrected chi connectivity index (χ0v) is 13.2. The molecule has 2 aromatic carbocycles. The molecule has 2 aromatic rings. The minimum atomic E-state index is -0.349. The second kappa shape index (κ2) is 6.60. The fourth-order valence-electron chi connectivity index (χ4n) is 1.71. The van der Waals surface area contributed by atoms with Crippen LogP contribution in [0.15, 0.2) is 42.5 Å². The third-order valence-electron chi connectivity index (χ3n) is 2.71. The number of esters is 1. The number of rotatable bonds is 4. The van der Waals surface area contributed by atoms with Gasteiger partial charge in [0, 0.05) is 3.57 Å². The summed E-state index contributed by atoms with van der Waals surface area (Å²) in [6.07, 6.45) is 0. The summed E-state index contributed by atoms with van der Waals surface area (Å²) in [7, 11) is 0. The summed E-state index contributed by atoms with van der Waals surface area (Å²) in [4.78, 5) is 11.7. The number of para-hydroxylation sites is 1. The molecule has 5 heteroatoms. The highest BCUT2D eigenvalue weighted by atomic mass is 127. The van der Waals surface area contributed by atoms with Crippen molar-refractivity contribution in [1.29, 1.82) is 0 Å². The number of carbonyl (C=O) groups excluding carboxylic acids is 1. The van der Waals surface area contributed by atoms with Crippen molar-refractivity contribution in [2.24, 2.45) is 0 Å². The summed E-state index contributed by atoms with van der Waals surface area (Å²) in [6.45, 7) is 2.13. The predicted molar refractivity (Wildman–Crippen MR) is 89.3 cm³/mol. The summed E-state index contributed by atoms with van der Waals surface area (Å²) in [5.74, 6) is -0.349. The van der Waals surface area contributed by atoms with Crippen molar-refractivity contribution in [3.63, 3.8) is 0 Å². The van der Waals surface area contributed by atoms with E-state index in [9.17, 15) is 4.79 Å². The van der Waals surface area contributed by atoms with Crippen molar-refractivity contribution in [1.82, 2.24) is 0 Å². The molecule has 0 atom stereocenters. The Labute approximate surface area is 131 Å². The van der Waals surface area contributed by atoms with Gasteiger partial charge in [-0.25, -0.2) is 4.79 Å². The largest absolute Gasteiger partial charge is 0.462 e. The zero-order valence-electron chi connectivity index (χ0n) is 11.0. The van der Waals surface area contributed by atoms with Gasteiger partial charge in [0.05, 0.1) is 29.2 Å². The Hall–Kier alpha value is -1.76. The smallest absolute Gasteiger partial charge is 0.338 e. The third-order valence-corrected chi connectivity index (χ3v) is 3.65. The normalized spacial score (nSPS) is 10.1. The first kappa shape index (κ1) is 14.6. The molecule has 0 aliphatic heterocycles. The molecular weight excluding hydrogens is 367 g/mol. The molecule has 0 fully saturated rings. The molecule has 0 unspecified atom stereocenters. The van der Waals surface area contributed by atoms with Gasteiger partial charge in [-0.05, 0) is 59.8 Å². The summed E-state index contributed by atoms with van der Waals surface area (Å²) < 4.78 is 6.06. The van der Waals surface area contributed by atoms with Crippen LogP contribution in [0.5, 0.6) is 0 Å². The van der Waals surface area contributed by atoms with E-state index < -0.39 is 0 Å². The van der Waals surface area contributed by atoms with Gasteiger partial charge in [-0.3, -0.25) is 0 Å². The van der Waals surface area contributed by atoms with Crippen molar-refractivity contribution >= 4 is 45.6 Å². The second-order valence-electron chi connectivity index (χ2n) is 4.13. The van der Waals surface area contributed by atoms with Gasteiger partial charge in [0.25, 0.3) is 0 Å². The van der Waals surface area contributed by atoms with Gasteiger partial charge in [0.2, 0.25) is 0 Å². The Kier molecular flexibility index (Phi) is 4.84. The van der Waals surface area contributed by atoms with E-state index in [2.05, 4.69) is 27.9 Å². The lowest BCUT2D eigenvalue weighted by Gasteiger charge is -2.12. The first-order chi connectivity index (χ1) is 9.61. The van der Waals surface area contributed by atoms with Crippen molar-refractivity contribution in [2.75, 3.05) is 17.7 Å². The number of nitrogens with two attached hydrogens (primary N) is 1. The van der Waals surface area contributed by atoms with Crippen LogP contribution in [0.4, 0.5) is 17.1 Å². The lowest BCUT2D eigenvalue weighted by Crippen LogP contribution is -2.06. The van der Waals surface area contributed by atoms with Crippen LogP contribution in [-0.4, -0.2) is 12.6 Å². The van der Waals surface area contributed by atoms with Crippen LogP contribution in [0.25, 0.3) is 0 Å². The molecule has 0 spiro atoms. The van der Waals surface area contributed by atoms with Crippen molar-refractivity contribution < 1.29 is 9.53 Å². The summed E-state index contributed by atoms with van der Waals surface area (Å²) in [5, 5.41) is 3.24. The fraction of sp³-hybridized carbons (Fsp3) is 0.133. The van der Waals surface area contributed by atoms with E-state index >= 15 is 0 Å². The van der Waals surface area contributed by atoms with Gasteiger partial charge in [0.1, 0.15) is 0 Å². The molecule has 0 bridgehead atoms. The quantitative estimate of drug-likeness (QED) is 0.480. The van der Waals surface area contributed by atoms with Crippen LogP contribution in [0.3, 0.4) is 0 Å². The number of halogens is 1. The van der Waals surface area contributed by atoms with Crippen LogP contribution in [-0.2, 0) is 4.74 Å². The number of carbonyl (C=O) groups is 1. The van der Waals surface area contributed by atoms with Crippen LogP contribution in [0.1, 0.15) is 17.3 Å².